The molecule has 1 amide bonds. The lowest BCUT2D eigenvalue weighted by atomic mass is 10.1. The standard InChI is InChI=1S/C23H25N3O3/c1-28-20-9-11-21(12-10-20)29-16-15-24-22-13-8-19(17-25-22)26-23(27)14-7-18-5-3-2-4-6-18/h2-6,8-13,17H,7,14-16H2,1H3,(H,24,25)(H,26,27). The number of nitrogens with one attached hydrogen (secondary N) is 2. The van der Waals surface area contributed by atoms with Crippen LogP contribution in [0.25, 0.3) is 0 Å². The van der Waals surface area contributed by atoms with Gasteiger partial charge in [-0.05, 0) is 48.4 Å². The van der Waals surface area contributed by atoms with Crippen LogP contribution in [0.4, 0.5) is 11.5 Å². The number of hydrogen-bond donors (Lipinski definition) is 2. The Bertz CT molecular complexity index is 882. The van der Waals surface area contributed by atoms with Crippen LogP contribution in [0.15, 0.2) is 72.9 Å². The molecule has 0 spiro atoms. The number of benzene rings is 2. The lowest BCUT2D eigenvalue weighted by Crippen LogP contribution is -2.14. The van der Waals surface area contributed by atoms with Crippen molar-refractivity contribution in [2.24, 2.45) is 0 Å². The van der Waals surface area contributed by atoms with Gasteiger partial charge in [0.15, 0.2) is 0 Å². The first-order chi connectivity index (χ1) is 14.2. The molecule has 1 heterocycles. The SMILES string of the molecule is COc1ccc(OCCNc2ccc(NC(=O)CCc3ccccc3)cn2)cc1. The summed E-state index contributed by atoms with van der Waals surface area (Å²) in [7, 11) is 1.63. The van der Waals surface area contributed by atoms with E-state index in [1.807, 2.05) is 66.7 Å². The Balaban J connectivity index is 1.36. The number of ether oxygens (including phenoxy) is 2. The van der Waals surface area contributed by atoms with Gasteiger partial charge in [-0.15, -0.1) is 0 Å². The normalized spacial score (nSPS) is 10.2. The van der Waals surface area contributed by atoms with E-state index in [2.05, 4.69) is 15.6 Å². The van der Waals surface area contributed by atoms with Crippen LogP contribution in [-0.4, -0.2) is 31.2 Å². The van der Waals surface area contributed by atoms with Crippen molar-refractivity contribution in [1.82, 2.24) is 4.98 Å². The molecule has 2 aromatic carbocycles. The van der Waals surface area contributed by atoms with Crippen LogP contribution in [0, 0.1) is 0 Å². The molecule has 0 fully saturated rings. The van der Waals surface area contributed by atoms with Gasteiger partial charge >= 0.3 is 0 Å². The number of anilines is 2. The minimum Gasteiger partial charge on any atom is -0.497 e. The number of carbonyl (C=O) groups is 1. The highest BCUT2D eigenvalue weighted by molar-refractivity contribution is 5.90. The molecule has 6 nitrogen and oxygen atoms in total. The predicted molar refractivity (Wildman–Crippen MR) is 115 cm³/mol. The highest BCUT2D eigenvalue weighted by atomic mass is 16.5. The summed E-state index contributed by atoms with van der Waals surface area (Å²) in [4.78, 5) is 16.4. The van der Waals surface area contributed by atoms with Crippen molar-refractivity contribution in [2.45, 2.75) is 12.8 Å². The van der Waals surface area contributed by atoms with Crippen molar-refractivity contribution >= 4 is 17.4 Å². The Labute approximate surface area is 170 Å². The van der Waals surface area contributed by atoms with Gasteiger partial charge in [0.05, 0.1) is 25.5 Å². The second kappa shape index (κ2) is 10.7. The maximum Gasteiger partial charge on any atom is 0.224 e. The number of amides is 1. The summed E-state index contributed by atoms with van der Waals surface area (Å²) in [5, 5.41) is 6.06. The molecule has 0 saturated carbocycles. The second-order valence-corrected chi connectivity index (χ2v) is 6.42. The highest BCUT2D eigenvalue weighted by Crippen LogP contribution is 2.17. The van der Waals surface area contributed by atoms with Gasteiger partial charge in [0.2, 0.25) is 5.91 Å². The Morgan fingerprint density at radius 1 is 0.966 bits per heavy atom. The van der Waals surface area contributed by atoms with E-state index in [4.69, 9.17) is 9.47 Å². The fourth-order valence-electron chi connectivity index (χ4n) is 2.72. The average molecular weight is 391 g/mol. The van der Waals surface area contributed by atoms with Gasteiger partial charge in [-0.1, -0.05) is 30.3 Å². The summed E-state index contributed by atoms with van der Waals surface area (Å²) >= 11 is 0. The van der Waals surface area contributed by atoms with E-state index in [0.717, 1.165) is 22.9 Å². The molecule has 0 bridgehead atoms. The Kier molecular flexibility index (Phi) is 7.46. The molecule has 0 unspecified atom stereocenters. The number of aryl methyl sites for hydroxylation is 1. The van der Waals surface area contributed by atoms with Gasteiger partial charge in [-0.3, -0.25) is 4.79 Å². The summed E-state index contributed by atoms with van der Waals surface area (Å²) < 4.78 is 10.8. The van der Waals surface area contributed by atoms with Crippen LogP contribution in [0.1, 0.15) is 12.0 Å². The molecule has 0 atom stereocenters. The number of nitrogens with zero attached hydrogens (tertiary/aromatic N) is 1. The summed E-state index contributed by atoms with van der Waals surface area (Å²) in [5.74, 6) is 2.29. The predicted octanol–water partition coefficient (Wildman–Crippen LogP) is 4.15. The fraction of sp³-hybridized carbons (Fsp3) is 0.217. The molecule has 6 heteroatoms. The van der Waals surface area contributed by atoms with E-state index in [1.165, 1.54) is 0 Å². The van der Waals surface area contributed by atoms with Crippen molar-refractivity contribution in [3.63, 3.8) is 0 Å². The van der Waals surface area contributed by atoms with E-state index >= 15 is 0 Å². The van der Waals surface area contributed by atoms with Crippen LogP contribution >= 0.6 is 0 Å². The van der Waals surface area contributed by atoms with Crippen molar-refractivity contribution in [1.29, 1.82) is 0 Å². The monoisotopic (exact) mass is 391 g/mol. The van der Waals surface area contributed by atoms with E-state index in [0.29, 0.717) is 31.7 Å². The minimum atomic E-state index is -0.0238. The minimum absolute atomic E-state index is 0.0238. The highest BCUT2D eigenvalue weighted by Gasteiger charge is 2.04. The Morgan fingerprint density at radius 2 is 1.72 bits per heavy atom. The molecule has 0 radical (unpaired) electrons. The smallest absolute Gasteiger partial charge is 0.224 e. The van der Waals surface area contributed by atoms with Crippen molar-refractivity contribution in [3.05, 3.63) is 78.5 Å². The number of methoxy groups -OCH3 is 1. The van der Waals surface area contributed by atoms with Crippen molar-refractivity contribution < 1.29 is 14.3 Å². The maximum atomic E-state index is 12.1. The van der Waals surface area contributed by atoms with Crippen LogP contribution in [-0.2, 0) is 11.2 Å². The molecule has 0 aliphatic heterocycles. The fourth-order valence-corrected chi connectivity index (χ4v) is 2.72. The third-order valence-corrected chi connectivity index (χ3v) is 4.27. The summed E-state index contributed by atoms with van der Waals surface area (Å²) in [6.07, 6.45) is 2.80. The maximum absolute atomic E-state index is 12.1. The summed E-state index contributed by atoms with van der Waals surface area (Å²) in [6.45, 7) is 1.12. The number of carbonyl (C=O) groups excluding carboxylic acids is 1. The first-order valence-corrected chi connectivity index (χ1v) is 9.53. The van der Waals surface area contributed by atoms with Crippen molar-refractivity contribution in [2.75, 3.05) is 30.9 Å². The lowest BCUT2D eigenvalue weighted by molar-refractivity contribution is -0.116. The van der Waals surface area contributed by atoms with E-state index in [-0.39, 0.29) is 5.91 Å². The third-order valence-electron chi connectivity index (χ3n) is 4.27. The number of hydrogen-bond acceptors (Lipinski definition) is 5. The molecular formula is C23H25N3O3. The zero-order chi connectivity index (χ0) is 20.3. The molecule has 2 N–H and O–H groups in total. The van der Waals surface area contributed by atoms with E-state index < -0.39 is 0 Å². The molecule has 3 aromatic rings. The number of aromatic nitrogens is 1. The van der Waals surface area contributed by atoms with Crippen LogP contribution in [0.5, 0.6) is 11.5 Å². The largest absolute Gasteiger partial charge is 0.497 e. The molecule has 3 rings (SSSR count). The van der Waals surface area contributed by atoms with Gasteiger partial charge in [-0.25, -0.2) is 4.98 Å². The molecule has 0 aliphatic carbocycles. The first kappa shape index (κ1) is 20.2. The topological polar surface area (TPSA) is 72.5 Å². The third kappa shape index (κ3) is 6.84. The molecule has 1 aromatic heterocycles. The molecular weight excluding hydrogens is 366 g/mol. The molecule has 0 saturated heterocycles. The average Bonchev–Trinajstić information content (AvgIpc) is 2.77. The van der Waals surface area contributed by atoms with E-state index in [1.54, 1.807) is 13.3 Å². The van der Waals surface area contributed by atoms with Gasteiger partial charge in [0.25, 0.3) is 0 Å². The zero-order valence-electron chi connectivity index (χ0n) is 16.4. The van der Waals surface area contributed by atoms with Gasteiger partial charge in [0.1, 0.15) is 23.9 Å². The van der Waals surface area contributed by atoms with Crippen molar-refractivity contribution in [3.8, 4) is 11.5 Å². The Hall–Kier alpha value is -3.54. The van der Waals surface area contributed by atoms with Gasteiger partial charge < -0.3 is 20.1 Å². The number of rotatable bonds is 10. The molecule has 150 valence electrons. The molecule has 0 aliphatic rings. The number of pyridine rings is 1. The second-order valence-electron chi connectivity index (χ2n) is 6.42. The zero-order valence-corrected chi connectivity index (χ0v) is 16.4. The van der Waals surface area contributed by atoms with Crippen LogP contribution in [0.3, 0.4) is 0 Å². The summed E-state index contributed by atoms with van der Waals surface area (Å²) in [6, 6.07) is 21.1. The van der Waals surface area contributed by atoms with Gasteiger partial charge in [-0.2, -0.15) is 0 Å². The Morgan fingerprint density at radius 3 is 2.41 bits per heavy atom. The van der Waals surface area contributed by atoms with Crippen LogP contribution in [0.2, 0.25) is 0 Å². The lowest BCUT2D eigenvalue weighted by Gasteiger charge is -2.09. The van der Waals surface area contributed by atoms with Crippen LogP contribution < -0.4 is 20.1 Å². The summed E-state index contributed by atoms with van der Waals surface area (Å²) in [5.41, 5.74) is 1.83. The van der Waals surface area contributed by atoms with Gasteiger partial charge in [0, 0.05) is 6.42 Å². The van der Waals surface area contributed by atoms with E-state index in [9.17, 15) is 4.79 Å². The first-order valence-electron chi connectivity index (χ1n) is 9.53. The molecule has 29 heavy (non-hydrogen) atoms. The quantitative estimate of drug-likeness (QED) is 0.508.